The summed E-state index contributed by atoms with van der Waals surface area (Å²) in [7, 11) is 0. The van der Waals surface area contributed by atoms with Gasteiger partial charge in [0.25, 0.3) is 0 Å². The Kier molecular flexibility index (Phi) is 6.96. The molecule has 140 valence electrons. The van der Waals surface area contributed by atoms with Gasteiger partial charge in [-0.15, -0.1) is 0 Å². The number of aryl methyl sites for hydroxylation is 1. The van der Waals surface area contributed by atoms with Crippen molar-refractivity contribution >= 4 is 0 Å². The lowest BCUT2D eigenvalue weighted by atomic mass is 9.95. The molecule has 0 unspecified atom stereocenters. The molecule has 1 fully saturated rings. The minimum absolute atomic E-state index is 0.557. The Morgan fingerprint density at radius 3 is 2.54 bits per heavy atom. The molecule has 0 saturated heterocycles. The Morgan fingerprint density at radius 2 is 1.77 bits per heavy atom. The number of rotatable bonds is 8. The molecule has 1 aliphatic carbocycles. The summed E-state index contributed by atoms with van der Waals surface area (Å²) in [4.78, 5) is 0. The highest BCUT2D eigenvalue weighted by Gasteiger charge is 2.13. The van der Waals surface area contributed by atoms with Gasteiger partial charge in [-0.3, -0.25) is 0 Å². The summed E-state index contributed by atoms with van der Waals surface area (Å²) < 4.78 is 11.9. The fraction of sp³-hybridized carbons (Fsp3) is 0.478. The van der Waals surface area contributed by atoms with Crippen molar-refractivity contribution in [2.45, 2.75) is 65.1 Å². The Balaban J connectivity index is 1.61. The van der Waals surface area contributed by atoms with Crippen LogP contribution in [-0.4, -0.2) is 12.6 Å². The van der Waals surface area contributed by atoms with Crippen LogP contribution in [0, 0.1) is 6.92 Å². The van der Waals surface area contributed by atoms with Crippen LogP contribution in [0.15, 0.2) is 42.5 Å². The van der Waals surface area contributed by atoms with Gasteiger partial charge >= 0.3 is 0 Å². The molecule has 0 spiro atoms. The van der Waals surface area contributed by atoms with E-state index in [9.17, 15) is 0 Å². The summed E-state index contributed by atoms with van der Waals surface area (Å²) in [5.74, 6) is 1.65. The molecule has 1 aliphatic rings. The molecule has 0 heterocycles. The first-order valence-electron chi connectivity index (χ1n) is 9.92. The van der Waals surface area contributed by atoms with Crippen LogP contribution in [-0.2, 0) is 13.2 Å². The van der Waals surface area contributed by atoms with Crippen LogP contribution in [0.25, 0.3) is 0 Å². The van der Waals surface area contributed by atoms with Gasteiger partial charge in [-0.2, -0.15) is 0 Å². The highest BCUT2D eigenvalue weighted by atomic mass is 16.5. The van der Waals surface area contributed by atoms with Crippen molar-refractivity contribution in [3.63, 3.8) is 0 Å². The lowest BCUT2D eigenvalue weighted by Crippen LogP contribution is -2.30. The third kappa shape index (κ3) is 5.50. The summed E-state index contributed by atoms with van der Waals surface area (Å²) >= 11 is 0. The van der Waals surface area contributed by atoms with E-state index in [4.69, 9.17) is 9.47 Å². The minimum atomic E-state index is 0.557. The van der Waals surface area contributed by atoms with Crippen molar-refractivity contribution < 1.29 is 9.47 Å². The zero-order valence-electron chi connectivity index (χ0n) is 16.1. The SMILES string of the molecule is CCOc1cc(CNC2CCCCC2)ccc1OCc1cccc(C)c1. The lowest BCUT2D eigenvalue weighted by Gasteiger charge is -2.23. The van der Waals surface area contributed by atoms with Crippen molar-refractivity contribution in [3.8, 4) is 11.5 Å². The molecule has 1 N–H and O–H groups in total. The van der Waals surface area contributed by atoms with Crippen molar-refractivity contribution in [2.24, 2.45) is 0 Å². The Hall–Kier alpha value is -2.00. The van der Waals surface area contributed by atoms with Gasteiger partial charge in [0.2, 0.25) is 0 Å². The Morgan fingerprint density at radius 1 is 0.923 bits per heavy atom. The molecule has 26 heavy (non-hydrogen) atoms. The van der Waals surface area contributed by atoms with E-state index in [1.54, 1.807) is 0 Å². The summed E-state index contributed by atoms with van der Waals surface area (Å²) in [5, 5.41) is 3.69. The molecule has 2 aromatic rings. The van der Waals surface area contributed by atoms with Crippen LogP contribution in [0.5, 0.6) is 11.5 Å². The highest BCUT2D eigenvalue weighted by Crippen LogP contribution is 2.29. The van der Waals surface area contributed by atoms with E-state index in [2.05, 4.69) is 48.6 Å². The van der Waals surface area contributed by atoms with E-state index in [0.29, 0.717) is 19.3 Å². The minimum Gasteiger partial charge on any atom is -0.490 e. The zero-order valence-corrected chi connectivity index (χ0v) is 16.1. The molecule has 0 atom stereocenters. The van der Waals surface area contributed by atoms with Gasteiger partial charge in [0.05, 0.1) is 6.61 Å². The second-order valence-electron chi connectivity index (χ2n) is 7.21. The van der Waals surface area contributed by atoms with E-state index in [1.807, 2.05) is 13.0 Å². The maximum atomic E-state index is 6.03. The average Bonchev–Trinajstić information content (AvgIpc) is 2.67. The predicted octanol–water partition coefficient (Wildman–Crippen LogP) is 5.40. The van der Waals surface area contributed by atoms with Crippen LogP contribution >= 0.6 is 0 Å². The van der Waals surface area contributed by atoms with Crippen LogP contribution in [0.1, 0.15) is 55.7 Å². The van der Waals surface area contributed by atoms with Gasteiger partial charge in [0.15, 0.2) is 11.5 Å². The number of ether oxygens (including phenoxy) is 2. The first kappa shape index (κ1) is 18.8. The fourth-order valence-electron chi connectivity index (χ4n) is 3.58. The second-order valence-corrected chi connectivity index (χ2v) is 7.21. The smallest absolute Gasteiger partial charge is 0.161 e. The molecule has 0 aliphatic heterocycles. The normalized spacial score (nSPS) is 15.0. The third-order valence-electron chi connectivity index (χ3n) is 4.98. The molecule has 2 aromatic carbocycles. The fourth-order valence-corrected chi connectivity index (χ4v) is 3.58. The maximum absolute atomic E-state index is 6.03. The second kappa shape index (κ2) is 9.63. The molecule has 0 amide bonds. The highest BCUT2D eigenvalue weighted by molar-refractivity contribution is 5.43. The number of hydrogen-bond donors (Lipinski definition) is 1. The van der Waals surface area contributed by atoms with Crippen molar-refractivity contribution in [1.82, 2.24) is 5.32 Å². The van der Waals surface area contributed by atoms with Gasteiger partial charge < -0.3 is 14.8 Å². The molecule has 0 bridgehead atoms. The summed E-state index contributed by atoms with van der Waals surface area (Å²) in [5.41, 5.74) is 3.68. The van der Waals surface area contributed by atoms with Crippen LogP contribution in [0.4, 0.5) is 0 Å². The Labute approximate surface area is 157 Å². The predicted molar refractivity (Wildman–Crippen MR) is 107 cm³/mol. The zero-order chi connectivity index (χ0) is 18.2. The summed E-state index contributed by atoms with van der Waals surface area (Å²) in [6.07, 6.45) is 6.70. The van der Waals surface area contributed by atoms with Gasteiger partial charge in [0.1, 0.15) is 6.61 Å². The molecular weight excluding hydrogens is 322 g/mol. The molecule has 3 heteroatoms. The summed E-state index contributed by atoms with van der Waals surface area (Å²) in [6.45, 7) is 6.20. The standard InChI is InChI=1S/C23H31NO2/c1-3-25-23-15-19(16-24-21-10-5-4-6-11-21)12-13-22(23)26-17-20-9-7-8-18(2)14-20/h7-9,12-15,21,24H,3-6,10-11,16-17H2,1-2H3. The van der Waals surface area contributed by atoms with E-state index >= 15 is 0 Å². The van der Waals surface area contributed by atoms with Gasteiger partial charge in [-0.1, -0.05) is 55.2 Å². The van der Waals surface area contributed by atoms with E-state index < -0.39 is 0 Å². The number of nitrogens with one attached hydrogen (secondary N) is 1. The largest absolute Gasteiger partial charge is 0.490 e. The quantitative estimate of drug-likeness (QED) is 0.690. The van der Waals surface area contributed by atoms with Gasteiger partial charge in [-0.05, 0) is 49.9 Å². The lowest BCUT2D eigenvalue weighted by molar-refractivity contribution is 0.269. The van der Waals surface area contributed by atoms with Crippen molar-refractivity contribution in [2.75, 3.05) is 6.61 Å². The monoisotopic (exact) mass is 353 g/mol. The van der Waals surface area contributed by atoms with Crippen LogP contribution in [0.2, 0.25) is 0 Å². The first-order valence-corrected chi connectivity index (χ1v) is 9.92. The average molecular weight is 354 g/mol. The summed E-state index contributed by atoms with van der Waals surface area (Å²) in [6, 6.07) is 15.4. The number of benzene rings is 2. The van der Waals surface area contributed by atoms with Gasteiger partial charge in [-0.25, -0.2) is 0 Å². The van der Waals surface area contributed by atoms with Crippen molar-refractivity contribution in [3.05, 3.63) is 59.2 Å². The molecule has 3 nitrogen and oxygen atoms in total. The molecule has 3 rings (SSSR count). The molecule has 0 aromatic heterocycles. The third-order valence-corrected chi connectivity index (χ3v) is 4.98. The van der Waals surface area contributed by atoms with E-state index in [1.165, 1.54) is 48.8 Å². The first-order chi connectivity index (χ1) is 12.7. The maximum Gasteiger partial charge on any atom is 0.161 e. The Bertz CT molecular complexity index is 692. The molecule has 0 radical (unpaired) electrons. The van der Waals surface area contributed by atoms with E-state index in [0.717, 1.165) is 18.0 Å². The van der Waals surface area contributed by atoms with Crippen LogP contribution in [0.3, 0.4) is 0 Å². The van der Waals surface area contributed by atoms with E-state index in [-0.39, 0.29) is 0 Å². The van der Waals surface area contributed by atoms with Crippen LogP contribution < -0.4 is 14.8 Å². The topological polar surface area (TPSA) is 30.5 Å². The van der Waals surface area contributed by atoms with Crippen molar-refractivity contribution in [1.29, 1.82) is 0 Å². The molecule has 1 saturated carbocycles. The van der Waals surface area contributed by atoms with Gasteiger partial charge in [0, 0.05) is 12.6 Å². The molecular formula is C23H31NO2. The number of hydrogen-bond acceptors (Lipinski definition) is 3.